The second kappa shape index (κ2) is 5.69. The summed E-state index contributed by atoms with van der Waals surface area (Å²) in [6, 6.07) is 3.45. The molecule has 0 spiro atoms. The first-order valence-electron chi connectivity index (χ1n) is 7.98. The van der Waals surface area contributed by atoms with Gasteiger partial charge in [0.1, 0.15) is 5.82 Å². The van der Waals surface area contributed by atoms with Gasteiger partial charge in [-0.25, -0.2) is 4.98 Å². The first-order chi connectivity index (χ1) is 11.8. The molecular formula is C17H15ClF2N2O3. The summed E-state index contributed by atoms with van der Waals surface area (Å²) in [6.45, 7) is 1.74. The average molecular weight is 369 g/mol. The summed E-state index contributed by atoms with van der Waals surface area (Å²) in [7, 11) is 0. The van der Waals surface area contributed by atoms with E-state index < -0.39 is 12.2 Å². The molecule has 0 saturated heterocycles. The highest BCUT2D eigenvalue weighted by Gasteiger charge is 2.49. The molecule has 1 aliphatic heterocycles. The van der Waals surface area contributed by atoms with Gasteiger partial charge in [0.2, 0.25) is 5.91 Å². The zero-order valence-corrected chi connectivity index (χ0v) is 14.0. The molecule has 2 aliphatic carbocycles. The summed E-state index contributed by atoms with van der Waals surface area (Å²) < 4.78 is 35.7. The van der Waals surface area contributed by atoms with Gasteiger partial charge in [0.25, 0.3) is 0 Å². The van der Waals surface area contributed by atoms with E-state index in [-0.39, 0.29) is 29.3 Å². The van der Waals surface area contributed by atoms with Crippen molar-refractivity contribution in [2.75, 3.05) is 5.32 Å². The van der Waals surface area contributed by atoms with Gasteiger partial charge in [-0.2, -0.15) is 0 Å². The van der Waals surface area contributed by atoms with E-state index in [1.54, 1.807) is 25.3 Å². The molecule has 2 heterocycles. The molecule has 5 nitrogen and oxygen atoms in total. The number of pyridine rings is 1. The number of allylic oxidation sites excluding steroid dienone is 3. The lowest BCUT2D eigenvalue weighted by molar-refractivity contribution is -0.337. The Kier molecular flexibility index (Phi) is 3.72. The molecule has 1 aromatic heterocycles. The Balaban J connectivity index is 1.53. The van der Waals surface area contributed by atoms with Gasteiger partial charge in [-0.05, 0) is 30.5 Å². The standard InChI is InChI=1S/C17H15ClF2N2O3/c1-8-14(11(18)6-12-15(8)25-17(19,20)24-12)10-4-5-13(21-7-10)22-16(23)9-2-3-9/h4-9,14H,2-3H2,1H3,(H,21,22,23). The van der Waals surface area contributed by atoms with Crippen molar-refractivity contribution in [2.24, 2.45) is 11.8 Å². The van der Waals surface area contributed by atoms with Crippen LogP contribution in [0.25, 0.3) is 0 Å². The van der Waals surface area contributed by atoms with Crippen LogP contribution in [0.3, 0.4) is 0 Å². The van der Waals surface area contributed by atoms with Crippen LogP contribution in [0.5, 0.6) is 0 Å². The molecule has 1 amide bonds. The van der Waals surface area contributed by atoms with Gasteiger partial charge in [0, 0.05) is 29.0 Å². The van der Waals surface area contributed by atoms with Gasteiger partial charge >= 0.3 is 6.29 Å². The van der Waals surface area contributed by atoms with Gasteiger partial charge in [0.05, 0.1) is 0 Å². The van der Waals surface area contributed by atoms with Crippen LogP contribution in [0, 0.1) is 11.8 Å². The molecule has 0 bridgehead atoms. The van der Waals surface area contributed by atoms with Crippen LogP contribution in [0.4, 0.5) is 14.6 Å². The number of carbonyl (C=O) groups is 1. The van der Waals surface area contributed by atoms with E-state index in [9.17, 15) is 13.6 Å². The highest BCUT2D eigenvalue weighted by Crippen LogP contribution is 2.49. The third-order valence-corrected chi connectivity index (χ3v) is 4.87. The van der Waals surface area contributed by atoms with Crippen LogP contribution >= 0.6 is 11.6 Å². The topological polar surface area (TPSA) is 60.5 Å². The Morgan fingerprint density at radius 2 is 2.12 bits per heavy atom. The van der Waals surface area contributed by atoms with E-state index in [0.29, 0.717) is 10.9 Å². The number of nitrogens with zero attached hydrogens (tertiary/aromatic N) is 1. The van der Waals surface area contributed by atoms with Gasteiger partial charge in [-0.3, -0.25) is 4.79 Å². The molecule has 25 heavy (non-hydrogen) atoms. The second-order valence-electron chi connectivity index (χ2n) is 6.43. The molecule has 2 atom stereocenters. The molecule has 4 rings (SSSR count). The number of anilines is 1. The summed E-state index contributed by atoms with van der Waals surface area (Å²) in [6.07, 6.45) is 1.09. The third kappa shape index (κ3) is 3.08. The number of nitrogens with one attached hydrogen (secondary N) is 1. The lowest BCUT2D eigenvalue weighted by atomic mass is 9.83. The monoisotopic (exact) mass is 368 g/mol. The summed E-state index contributed by atoms with van der Waals surface area (Å²) in [5, 5.41) is 3.12. The molecule has 132 valence electrons. The number of rotatable bonds is 3. The molecule has 0 radical (unpaired) electrons. The molecular weight excluding hydrogens is 354 g/mol. The summed E-state index contributed by atoms with van der Waals surface area (Å²) in [5.41, 5.74) is 0.739. The minimum Gasteiger partial charge on any atom is -0.400 e. The van der Waals surface area contributed by atoms with Crippen LogP contribution in [0.2, 0.25) is 0 Å². The van der Waals surface area contributed by atoms with E-state index >= 15 is 0 Å². The Morgan fingerprint density at radius 3 is 2.76 bits per heavy atom. The number of alkyl halides is 2. The minimum atomic E-state index is -3.67. The molecule has 3 aliphatic rings. The second-order valence-corrected chi connectivity index (χ2v) is 6.87. The molecule has 0 aromatic carbocycles. The van der Waals surface area contributed by atoms with Gasteiger partial charge < -0.3 is 14.8 Å². The summed E-state index contributed by atoms with van der Waals surface area (Å²) in [5.74, 6) is -0.267. The molecule has 1 aromatic rings. The maximum Gasteiger partial charge on any atom is 0.585 e. The van der Waals surface area contributed by atoms with Crippen molar-refractivity contribution >= 4 is 23.3 Å². The molecule has 1 N–H and O–H groups in total. The van der Waals surface area contributed by atoms with Crippen molar-refractivity contribution in [3.05, 3.63) is 46.5 Å². The number of hydrogen-bond donors (Lipinski definition) is 1. The van der Waals surface area contributed by atoms with Crippen LogP contribution in [0.15, 0.2) is 41.0 Å². The van der Waals surface area contributed by atoms with Crippen molar-refractivity contribution in [2.45, 2.75) is 32.0 Å². The van der Waals surface area contributed by atoms with Crippen LogP contribution in [0.1, 0.15) is 31.2 Å². The predicted octanol–water partition coefficient (Wildman–Crippen LogP) is 4.09. The number of carbonyl (C=O) groups excluding carboxylic acids is 1. The number of amides is 1. The van der Waals surface area contributed by atoms with Crippen molar-refractivity contribution in [1.29, 1.82) is 0 Å². The number of hydrogen-bond acceptors (Lipinski definition) is 4. The minimum absolute atomic E-state index is 0.0299. The Hall–Kier alpha value is -2.15. The van der Waals surface area contributed by atoms with Crippen LogP contribution in [-0.2, 0) is 14.3 Å². The predicted molar refractivity (Wildman–Crippen MR) is 85.6 cm³/mol. The van der Waals surface area contributed by atoms with Crippen molar-refractivity contribution in [3.63, 3.8) is 0 Å². The number of ether oxygens (including phenoxy) is 2. The zero-order chi connectivity index (χ0) is 17.8. The van der Waals surface area contributed by atoms with Gasteiger partial charge in [0.15, 0.2) is 11.5 Å². The van der Waals surface area contributed by atoms with E-state index in [1.165, 1.54) is 6.08 Å². The third-order valence-electron chi connectivity index (χ3n) is 4.52. The first kappa shape index (κ1) is 16.3. The Labute approximate surface area is 147 Å². The van der Waals surface area contributed by atoms with Gasteiger partial charge in [-0.1, -0.05) is 24.6 Å². The Bertz CT molecular complexity index is 788. The highest BCUT2D eigenvalue weighted by atomic mass is 35.5. The van der Waals surface area contributed by atoms with E-state index in [1.807, 2.05) is 0 Å². The van der Waals surface area contributed by atoms with Gasteiger partial charge in [-0.15, -0.1) is 8.78 Å². The van der Waals surface area contributed by atoms with E-state index in [0.717, 1.165) is 18.4 Å². The van der Waals surface area contributed by atoms with E-state index in [2.05, 4.69) is 19.8 Å². The largest absolute Gasteiger partial charge is 0.585 e. The van der Waals surface area contributed by atoms with E-state index in [4.69, 9.17) is 11.6 Å². The number of aromatic nitrogens is 1. The molecule has 8 heteroatoms. The van der Waals surface area contributed by atoms with Crippen molar-refractivity contribution in [3.8, 4) is 0 Å². The summed E-state index contributed by atoms with van der Waals surface area (Å²) in [4.78, 5) is 16.0. The SMILES string of the molecule is CC1C2=C(C=C(Cl)C1c1ccc(NC(=O)C3CC3)nc1)OC(F)(F)O2. The summed E-state index contributed by atoms with van der Waals surface area (Å²) >= 11 is 6.29. The maximum absolute atomic E-state index is 13.3. The molecule has 1 fully saturated rings. The fraction of sp³-hybridized carbons (Fsp3) is 0.412. The lowest BCUT2D eigenvalue weighted by Crippen LogP contribution is -2.20. The smallest absolute Gasteiger partial charge is 0.400 e. The first-order valence-corrected chi connectivity index (χ1v) is 8.36. The lowest BCUT2D eigenvalue weighted by Gasteiger charge is -2.26. The van der Waals surface area contributed by atoms with Crippen LogP contribution in [-0.4, -0.2) is 17.2 Å². The van der Waals surface area contributed by atoms with Crippen molar-refractivity contribution < 1.29 is 23.0 Å². The number of halogens is 3. The normalized spacial score (nSPS) is 27.1. The molecule has 1 saturated carbocycles. The van der Waals surface area contributed by atoms with Crippen molar-refractivity contribution in [1.82, 2.24) is 4.98 Å². The average Bonchev–Trinajstić information content (AvgIpc) is 3.33. The zero-order valence-electron chi connectivity index (χ0n) is 13.3. The molecule has 2 unspecified atom stereocenters. The fourth-order valence-electron chi connectivity index (χ4n) is 3.09. The fourth-order valence-corrected chi connectivity index (χ4v) is 3.50. The van der Waals surface area contributed by atoms with Crippen LogP contribution < -0.4 is 5.32 Å². The highest BCUT2D eigenvalue weighted by molar-refractivity contribution is 6.30. The maximum atomic E-state index is 13.3. The Morgan fingerprint density at radius 1 is 1.36 bits per heavy atom. The quantitative estimate of drug-likeness (QED) is 0.872.